The molecule has 2 amide bonds. The second kappa shape index (κ2) is 8.02. The normalized spacial score (nSPS) is 11.3. The fraction of sp³-hybridized carbons (Fsp3) is 0.167. The van der Waals surface area contributed by atoms with Crippen molar-refractivity contribution in [2.24, 2.45) is 0 Å². The van der Waals surface area contributed by atoms with E-state index in [1.54, 1.807) is 25.1 Å². The van der Waals surface area contributed by atoms with Crippen LogP contribution in [0.3, 0.4) is 0 Å². The summed E-state index contributed by atoms with van der Waals surface area (Å²) in [5.41, 5.74) is 0.491. The van der Waals surface area contributed by atoms with Crippen molar-refractivity contribution in [2.75, 3.05) is 5.32 Å². The predicted octanol–water partition coefficient (Wildman–Crippen LogP) is 3.31. The van der Waals surface area contributed by atoms with Gasteiger partial charge in [0.25, 0.3) is 5.91 Å². The number of nitrogens with one attached hydrogen (secondary N) is 2. The monoisotopic (exact) mass is 343 g/mol. The Bertz CT molecular complexity index is 846. The molecule has 0 saturated heterocycles. The Balaban J connectivity index is 2.18. The van der Waals surface area contributed by atoms with Crippen LogP contribution in [0.5, 0.6) is 0 Å². The Labute approximate surface area is 143 Å². The Kier molecular flexibility index (Phi) is 5.79. The van der Waals surface area contributed by atoms with E-state index in [-0.39, 0.29) is 23.5 Å². The quantitative estimate of drug-likeness (QED) is 0.874. The van der Waals surface area contributed by atoms with Gasteiger partial charge in [0.2, 0.25) is 5.91 Å². The lowest BCUT2D eigenvalue weighted by atomic mass is 10.1. The van der Waals surface area contributed by atoms with E-state index in [0.29, 0.717) is 11.8 Å². The molecule has 0 fully saturated rings. The van der Waals surface area contributed by atoms with Crippen molar-refractivity contribution in [2.45, 2.75) is 19.4 Å². The molecule has 0 heterocycles. The molecule has 7 heteroatoms. The van der Waals surface area contributed by atoms with E-state index in [2.05, 4.69) is 10.6 Å². The second-order valence-electron chi connectivity index (χ2n) is 5.18. The van der Waals surface area contributed by atoms with E-state index in [1.807, 2.05) is 0 Å². The van der Waals surface area contributed by atoms with Crippen molar-refractivity contribution in [3.63, 3.8) is 0 Å². The van der Waals surface area contributed by atoms with Gasteiger partial charge >= 0.3 is 0 Å². The van der Waals surface area contributed by atoms with Crippen LogP contribution in [0.1, 0.15) is 35.3 Å². The molecule has 2 aromatic carbocycles. The smallest absolute Gasteiger partial charge is 0.252 e. The molecule has 5 nitrogen and oxygen atoms in total. The molecule has 0 saturated carbocycles. The summed E-state index contributed by atoms with van der Waals surface area (Å²) in [7, 11) is 0. The Morgan fingerprint density at radius 3 is 2.60 bits per heavy atom. The van der Waals surface area contributed by atoms with E-state index < -0.39 is 23.6 Å². The predicted molar refractivity (Wildman–Crippen MR) is 87.5 cm³/mol. The number of carbonyl (C=O) groups is 2. The third-order valence-electron chi connectivity index (χ3n) is 3.41. The number of hydrogen-bond donors (Lipinski definition) is 2. The average Bonchev–Trinajstić information content (AvgIpc) is 2.60. The van der Waals surface area contributed by atoms with Gasteiger partial charge in [-0.1, -0.05) is 19.1 Å². The highest BCUT2D eigenvalue weighted by Gasteiger charge is 2.19. The van der Waals surface area contributed by atoms with Gasteiger partial charge in [0.1, 0.15) is 17.7 Å². The van der Waals surface area contributed by atoms with Crippen LogP contribution >= 0.6 is 0 Å². The van der Waals surface area contributed by atoms with Crippen LogP contribution in [-0.2, 0) is 4.79 Å². The van der Waals surface area contributed by atoms with Crippen molar-refractivity contribution in [1.82, 2.24) is 5.32 Å². The zero-order chi connectivity index (χ0) is 18.4. The molecule has 0 aromatic heterocycles. The maximum atomic E-state index is 13.8. The molecule has 0 bridgehead atoms. The largest absolute Gasteiger partial charge is 0.332 e. The molecular weight excluding hydrogens is 328 g/mol. The molecule has 2 N–H and O–H groups in total. The molecule has 0 aliphatic heterocycles. The molecule has 2 aromatic rings. The summed E-state index contributed by atoms with van der Waals surface area (Å²) in [6.07, 6.45) is 0.288. The Morgan fingerprint density at radius 2 is 1.96 bits per heavy atom. The molecule has 0 aliphatic rings. The molecule has 0 aliphatic carbocycles. The van der Waals surface area contributed by atoms with Crippen LogP contribution in [0, 0.1) is 23.0 Å². The van der Waals surface area contributed by atoms with Crippen LogP contribution in [0.25, 0.3) is 0 Å². The third kappa shape index (κ3) is 4.61. The molecule has 1 atom stereocenters. The highest BCUT2D eigenvalue weighted by molar-refractivity contribution is 5.97. The van der Waals surface area contributed by atoms with Crippen LogP contribution < -0.4 is 10.6 Å². The number of benzene rings is 2. The van der Waals surface area contributed by atoms with E-state index in [1.165, 1.54) is 12.1 Å². The van der Waals surface area contributed by atoms with Crippen molar-refractivity contribution < 1.29 is 18.4 Å². The lowest BCUT2D eigenvalue weighted by Gasteiger charge is -2.13. The number of nitrogens with zero attached hydrogens (tertiary/aromatic N) is 1. The minimum Gasteiger partial charge on any atom is -0.332 e. The summed E-state index contributed by atoms with van der Waals surface area (Å²) < 4.78 is 26.8. The van der Waals surface area contributed by atoms with Gasteiger partial charge in [0.15, 0.2) is 0 Å². The summed E-state index contributed by atoms with van der Waals surface area (Å²) >= 11 is 0. The van der Waals surface area contributed by atoms with E-state index in [4.69, 9.17) is 0 Å². The minimum absolute atomic E-state index is 0.132. The van der Waals surface area contributed by atoms with E-state index >= 15 is 0 Å². The fourth-order valence-electron chi connectivity index (χ4n) is 2.12. The molecule has 2 rings (SSSR count). The summed E-state index contributed by atoms with van der Waals surface area (Å²) in [5.74, 6) is -2.52. The number of nitriles is 1. The van der Waals surface area contributed by atoms with Gasteiger partial charge in [0.05, 0.1) is 6.07 Å². The average molecular weight is 343 g/mol. The van der Waals surface area contributed by atoms with Gasteiger partial charge in [-0.15, -0.1) is 0 Å². The Morgan fingerprint density at radius 1 is 1.20 bits per heavy atom. The molecule has 0 radical (unpaired) electrons. The van der Waals surface area contributed by atoms with Crippen LogP contribution in [0.4, 0.5) is 14.5 Å². The van der Waals surface area contributed by atoms with Gasteiger partial charge in [-0.25, -0.2) is 8.78 Å². The van der Waals surface area contributed by atoms with Crippen LogP contribution in [0.2, 0.25) is 0 Å². The van der Waals surface area contributed by atoms with Gasteiger partial charge in [-0.2, -0.15) is 5.26 Å². The van der Waals surface area contributed by atoms with Gasteiger partial charge in [0, 0.05) is 29.3 Å². The highest BCUT2D eigenvalue weighted by atomic mass is 19.1. The molecule has 128 valence electrons. The molecule has 25 heavy (non-hydrogen) atoms. The maximum absolute atomic E-state index is 13.8. The first kappa shape index (κ1) is 18.1. The third-order valence-corrected chi connectivity index (χ3v) is 3.41. The molecular formula is C18H15F2N3O2. The fourth-order valence-corrected chi connectivity index (χ4v) is 2.12. The first-order valence-electron chi connectivity index (χ1n) is 7.50. The summed E-state index contributed by atoms with van der Waals surface area (Å²) in [5, 5.41) is 14.2. The first-order valence-corrected chi connectivity index (χ1v) is 7.50. The summed E-state index contributed by atoms with van der Waals surface area (Å²) in [4.78, 5) is 23.7. The SMILES string of the molecule is CCC(=O)Nc1cccc(C(=O)N[C@@H](C#N)c2ccc(F)cc2F)c1. The lowest BCUT2D eigenvalue weighted by molar-refractivity contribution is -0.115. The van der Waals surface area contributed by atoms with E-state index in [0.717, 1.165) is 12.1 Å². The topological polar surface area (TPSA) is 82.0 Å². The van der Waals surface area contributed by atoms with Crippen molar-refractivity contribution in [3.8, 4) is 6.07 Å². The Hall–Kier alpha value is -3.27. The van der Waals surface area contributed by atoms with E-state index in [9.17, 15) is 23.6 Å². The van der Waals surface area contributed by atoms with Crippen LogP contribution in [0.15, 0.2) is 42.5 Å². The number of carbonyl (C=O) groups excluding carboxylic acids is 2. The standard InChI is InChI=1S/C18H15F2N3O2/c1-2-17(24)22-13-5-3-4-11(8-13)18(25)23-16(10-21)14-7-6-12(19)9-15(14)20/h3-9,16H,2H2,1H3,(H,22,24)(H,23,25)/t16-/m0/s1. The lowest BCUT2D eigenvalue weighted by Crippen LogP contribution is -2.28. The van der Waals surface area contributed by atoms with Crippen molar-refractivity contribution in [1.29, 1.82) is 5.26 Å². The summed E-state index contributed by atoms with van der Waals surface area (Å²) in [6.45, 7) is 1.70. The number of rotatable bonds is 5. The highest BCUT2D eigenvalue weighted by Crippen LogP contribution is 2.19. The minimum atomic E-state index is -1.28. The van der Waals surface area contributed by atoms with Crippen molar-refractivity contribution in [3.05, 3.63) is 65.2 Å². The van der Waals surface area contributed by atoms with Crippen LogP contribution in [-0.4, -0.2) is 11.8 Å². The van der Waals surface area contributed by atoms with Crippen molar-refractivity contribution >= 4 is 17.5 Å². The van der Waals surface area contributed by atoms with Gasteiger partial charge in [-0.3, -0.25) is 9.59 Å². The summed E-state index contributed by atoms with van der Waals surface area (Å²) in [6, 6.07) is 9.38. The number of halogens is 2. The van der Waals surface area contributed by atoms with Gasteiger partial charge in [-0.05, 0) is 24.3 Å². The number of amides is 2. The second-order valence-corrected chi connectivity index (χ2v) is 5.18. The zero-order valence-corrected chi connectivity index (χ0v) is 13.3. The number of anilines is 1. The first-order chi connectivity index (χ1) is 11.9. The number of hydrogen-bond acceptors (Lipinski definition) is 3. The molecule has 0 unspecified atom stereocenters. The van der Waals surface area contributed by atoms with Gasteiger partial charge < -0.3 is 10.6 Å². The molecule has 0 spiro atoms. The maximum Gasteiger partial charge on any atom is 0.252 e. The zero-order valence-electron chi connectivity index (χ0n) is 13.3.